The highest BCUT2D eigenvalue weighted by atomic mass is 79.9. The van der Waals surface area contributed by atoms with Gasteiger partial charge < -0.3 is 4.74 Å². The van der Waals surface area contributed by atoms with Crippen molar-refractivity contribution >= 4 is 31.9 Å². The van der Waals surface area contributed by atoms with Crippen molar-refractivity contribution in [3.63, 3.8) is 0 Å². The van der Waals surface area contributed by atoms with Gasteiger partial charge in [-0.1, -0.05) is 37.9 Å². The molecule has 2 rings (SSSR count). The summed E-state index contributed by atoms with van der Waals surface area (Å²) >= 11 is 7.58. The fourth-order valence-electron chi connectivity index (χ4n) is 2.87. The molecule has 1 fully saturated rings. The number of alkyl halides is 1. The molecule has 0 spiro atoms. The van der Waals surface area contributed by atoms with Crippen LogP contribution in [0.5, 0.6) is 0 Å². The number of hydrogen-bond acceptors (Lipinski definition) is 1. The van der Waals surface area contributed by atoms with E-state index in [1.165, 1.54) is 26.7 Å². The molecule has 0 aliphatic carbocycles. The SMILES string of the molecule is Cc1cc(C)c(C(Br)C2(C)CCCO2)c(C)c1Br. The van der Waals surface area contributed by atoms with Gasteiger partial charge >= 0.3 is 0 Å². The van der Waals surface area contributed by atoms with Gasteiger partial charge in [-0.15, -0.1) is 0 Å². The largest absolute Gasteiger partial charge is 0.374 e. The summed E-state index contributed by atoms with van der Waals surface area (Å²) < 4.78 is 7.19. The van der Waals surface area contributed by atoms with Gasteiger partial charge in [0.25, 0.3) is 0 Å². The molecule has 0 bridgehead atoms. The first kappa shape index (κ1) is 14.5. The molecule has 2 unspecified atom stereocenters. The zero-order valence-electron chi connectivity index (χ0n) is 11.4. The number of aryl methyl sites for hydroxylation is 2. The molecule has 0 amide bonds. The molecule has 2 atom stereocenters. The Morgan fingerprint density at radius 2 is 1.94 bits per heavy atom. The third-order valence-corrected chi connectivity index (χ3v) is 6.62. The van der Waals surface area contributed by atoms with Crippen LogP contribution in [0.15, 0.2) is 10.5 Å². The Kier molecular flexibility index (Phi) is 4.25. The van der Waals surface area contributed by atoms with Gasteiger partial charge in [0.05, 0.1) is 10.4 Å². The van der Waals surface area contributed by atoms with Crippen LogP contribution in [-0.4, -0.2) is 12.2 Å². The minimum atomic E-state index is -0.0791. The van der Waals surface area contributed by atoms with Crippen LogP contribution in [0.3, 0.4) is 0 Å². The lowest BCUT2D eigenvalue weighted by Crippen LogP contribution is -2.29. The molecule has 18 heavy (non-hydrogen) atoms. The summed E-state index contributed by atoms with van der Waals surface area (Å²) in [5, 5.41) is 0. The van der Waals surface area contributed by atoms with E-state index in [-0.39, 0.29) is 10.4 Å². The van der Waals surface area contributed by atoms with Gasteiger partial charge in [-0.25, -0.2) is 0 Å². The molecule has 1 aliphatic heterocycles. The van der Waals surface area contributed by atoms with E-state index >= 15 is 0 Å². The normalized spacial score (nSPS) is 25.4. The van der Waals surface area contributed by atoms with Crippen molar-refractivity contribution < 1.29 is 4.74 Å². The van der Waals surface area contributed by atoms with E-state index in [9.17, 15) is 0 Å². The first-order valence-corrected chi connectivity index (χ1v) is 8.12. The highest BCUT2D eigenvalue weighted by molar-refractivity contribution is 9.10. The fraction of sp³-hybridized carbons (Fsp3) is 0.600. The molecule has 1 nitrogen and oxygen atoms in total. The lowest BCUT2D eigenvalue weighted by Gasteiger charge is -2.32. The van der Waals surface area contributed by atoms with E-state index in [2.05, 4.69) is 65.6 Å². The van der Waals surface area contributed by atoms with Crippen LogP contribution in [0.2, 0.25) is 0 Å². The van der Waals surface area contributed by atoms with Crippen molar-refractivity contribution in [2.75, 3.05) is 6.61 Å². The second-order valence-corrected chi connectivity index (χ2v) is 7.20. The molecule has 0 radical (unpaired) electrons. The van der Waals surface area contributed by atoms with Crippen LogP contribution in [0.25, 0.3) is 0 Å². The average Bonchev–Trinajstić information content (AvgIpc) is 2.74. The summed E-state index contributed by atoms with van der Waals surface area (Å²) in [4.78, 5) is 0.254. The van der Waals surface area contributed by atoms with Crippen molar-refractivity contribution in [3.05, 3.63) is 32.8 Å². The Hall–Kier alpha value is 0.140. The Labute approximate surface area is 127 Å². The van der Waals surface area contributed by atoms with E-state index in [4.69, 9.17) is 4.74 Å². The predicted octanol–water partition coefficient (Wildman–Crippen LogP) is 5.38. The minimum absolute atomic E-state index is 0.0791. The third-order valence-electron chi connectivity index (χ3n) is 3.98. The van der Waals surface area contributed by atoms with E-state index < -0.39 is 0 Å². The first-order valence-electron chi connectivity index (χ1n) is 6.41. The second kappa shape index (κ2) is 5.26. The Morgan fingerprint density at radius 1 is 1.28 bits per heavy atom. The summed E-state index contributed by atoms with van der Waals surface area (Å²) in [6.45, 7) is 9.61. The maximum atomic E-state index is 5.97. The molecule has 1 aromatic carbocycles. The first-order chi connectivity index (χ1) is 8.37. The van der Waals surface area contributed by atoms with E-state index in [1.54, 1.807) is 0 Å². The number of ether oxygens (including phenoxy) is 1. The highest BCUT2D eigenvalue weighted by Gasteiger charge is 2.39. The van der Waals surface area contributed by atoms with Crippen LogP contribution in [0, 0.1) is 20.8 Å². The van der Waals surface area contributed by atoms with Gasteiger partial charge in [-0.2, -0.15) is 0 Å². The molecule has 1 heterocycles. The van der Waals surface area contributed by atoms with E-state index in [0.717, 1.165) is 19.4 Å². The van der Waals surface area contributed by atoms with Crippen LogP contribution in [0.1, 0.15) is 46.8 Å². The van der Waals surface area contributed by atoms with E-state index in [1.807, 2.05) is 0 Å². The minimum Gasteiger partial charge on any atom is -0.374 e. The van der Waals surface area contributed by atoms with Gasteiger partial charge in [-0.3, -0.25) is 0 Å². The Balaban J connectivity index is 2.48. The van der Waals surface area contributed by atoms with Gasteiger partial charge in [-0.05, 0) is 62.8 Å². The number of hydrogen-bond donors (Lipinski definition) is 0. The standard InChI is InChI=1S/C15H20Br2O/c1-9-8-10(2)13(16)11(3)12(9)14(17)15(4)6-5-7-18-15/h8,14H,5-7H2,1-4H3. The maximum absolute atomic E-state index is 5.97. The van der Waals surface area contributed by atoms with Crippen molar-refractivity contribution in [2.24, 2.45) is 0 Å². The smallest absolute Gasteiger partial charge is 0.0820 e. The number of rotatable bonds is 2. The Morgan fingerprint density at radius 3 is 2.50 bits per heavy atom. The van der Waals surface area contributed by atoms with Crippen molar-refractivity contribution in [3.8, 4) is 0 Å². The summed E-state index contributed by atoms with van der Waals surface area (Å²) in [6.07, 6.45) is 2.27. The lowest BCUT2D eigenvalue weighted by molar-refractivity contribution is 0.0195. The quantitative estimate of drug-likeness (QED) is 0.630. The fourth-order valence-corrected chi connectivity index (χ4v) is 4.27. The monoisotopic (exact) mass is 374 g/mol. The van der Waals surface area contributed by atoms with Crippen LogP contribution in [0.4, 0.5) is 0 Å². The number of halogens is 2. The summed E-state index contributed by atoms with van der Waals surface area (Å²) in [5.74, 6) is 0. The number of benzene rings is 1. The maximum Gasteiger partial charge on any atom is 0.0820 e. The van der Waals surface area contributed by atoms with Crippen LogP contribution in [-0.2, 0) is 4.74 Å². The molecule has 3 heteroatoms. The van der Waals surface area contributed by atoms with Crippen molar-refractivity contribution in [1.82, 2.24) is 0 Å². The van der Waals surface area contributed by atoms with Crippen LogP contribution < -0.4 is 0 Å². The summed E-state index contributed by atoms with van der Waals surface area (Å²) in [6, 6.07) is 2.25. The molecule has 1 aliphatic rings. The lowest BCUT2D eigenvalue weighted by atomic mass is 9.88. The summed E-state index contributed by atoms with van der Waals surface area (Å²) in [5.41, 5.74) is 5.25. The zero-order chi connectivity index (χ0) is 13.5. The molecule has 0 aromatic heterocycles. The average molecular weight is 376 g/mol. The molecule has 1 aromatic rings. The third kappa shape index (κ3) is 2.41. The molecular formula is C15H20Br2O. The molecule has 0 saturated carbocycles. The zero-order valence-corrected chi connectivity index (χ0v) is 14.6. The van der Waals surface area contributed by atoms with Crippen LogP contribution >= 0.6 is 31.9 Å². The summed E-state index contributed by atoms with van der Waals surface area (Å²) in [7, 11) is 0. The molecule has 0 N–H and O–H groups in total. The van der Waals surface area contributed by atoms with E-state index in [0.29, 0.717) is 0 Å². The molecule has 100 valence electrons. The van der Waals surface area contributed by atoms with Gasteiger partial charge in [0.2, 0.25) is 0 Å². The van der Waals surface area contributed by atoms with Gasteiger partial charge in [0.1, 0.15) is 0 Å². The predicted molar refractivity (Wildman–Crippen MR) is 83.6 cm³/mol. The highest BCUT2D eigenvalue weighted by Crippen LogP contribution is 2.46. The molecular weight excluding hydrogens is 356 g/mol. The molecule has 1 saturated heterocycles. The van der Waals surface area contributed by atoms with Gasteiger partial charge in [0, 0.05) is 11.1 Å². The topological polar surface area (TPSA) is 9.23 Å². The van der Waals surface area contributed by atoms with Crippen molar-refractivity contribution in [1.29, 1.82) is 0 Å². The van der Waals surface area contributed by atoms with Gasteiger partial charge in [0.15, 0.2) is 0 Å². The second-order valence-electron chi connectivity index (χ2n) is 5.49. The Bertz CT molecular complexity index is 462. The van der Waals surface area contributed by atoms with Crippen molar-refractivity contribution in [2.45, 2.75) is 51.0 Å².